The fourth-order valence-corrected chi connectivity index (χ4v) is 3.86. The molecular weight excluding hydrogens is 338 g/mol. The predicted molar refractivity (Wildman–Crippen MR) is 113 cm³/mol. The van der Waals surface area contributed by atoms with E-state index in [0.29, 0.717) is 12.1 Å². The first-order valence-corrected chi connectivity index (χ1v) is 9.99. The third kappa shape index (κ3) is 4.63. The zero-order chi connectivity index (χ0) is 18.4. The van der Waals surface area contributed by atoms with Gasteiger partial charge in [0.25, 0.3) is 0 Å². The van der Waals surface area contributed by atoms with E-state index in [1.165, 1.54) is 11.1 Å². The smallest absolute Gasteiger partial charge is 0.169 e. The van der Waals surface area contributed by atoms with Crippen molar-refractivity contribution in [2.75, 3.05) is 26.2 Å². The Morgan fingerprint density at radius 1 is 0.923 bits per heavy atom. The average Bonchev–Trinajstić information content (AvgIpc) is 2.70. The van der Waals surface area contributed by atoms with Crippen LogP contribution in [0.25, 0.3) is 0 Å². The molecule has 0 aromatic heterocycles. The lowest BCUT2D eigenvalue weighted by molar-refractivity contribution is 0.149. The van der Waals surface area contributed by atoms with Crippen molar-refractivity contribution in [2.45, 2.75) is 32.4 Å². The van der Waals surface area contributed by atoms with Crippen LogP contribution in [0.4, 0.5) is 0 Å². The molecule has 0 amide bonds. The third-order valence-electron chi connectivity index (χ3n) is 5.18. The molecule has 0 spiro atoms. The van der Waals surface area contributed by atoms with Crippen LogP contribution in [-0.4, -0.2) is 47.1 Å². The molecule has 2 aromatic carbocycles. The molecule has 26 heavy (non-hydrogen) atoms. The van der Waals surface area contributed by atoms with Crippen molar-refractivity contribution in [3.63, 3.8) is 0 Å². The molecule has 4 heteroatoms. The molecule has 138 valence electrons. The molecule has 3 rings (SSSR count). The van der Waals surface area contributed by atoms with Crippen molar-refractivity contribution >= 4 is 17.3 Å². The Hall–Kier alpha value is -1.91. The van der Waals surface area contributed by atoms with Crippen LogP contribution in [0, 0.1) is 0 Å². The first kappa shape index (κ1) is 18.9. The number of piperazine rings is 1. The van der Waals surface area contributed by atoms with E-state index in [-0.39, 0.29) is 0 Å². The second-order valence-corrected chi connectivity index (χ2v) is 7.39. The summed E-state index contributed by atoms with van der Waals surface area (Å²) in [5.74, 6) is 0. The highest BCUT2D eigenvalue weighted by Crippen LogP contribution is 2.29. The summed E-state index contributed by atoms with van der Waals surface area (Å²) < 4.78 is 0. The van der Waals surface area contributed by atoms with Gasteiger partial charge in [-0.2, -0.15) is 0 Å². The molecule has 3 nitrogen and oxygen atoms in total. The monoisotopic (exact) mass is 367 g/mol. The van der Waals surface area contributed by atoms with Gasteiger partial charge in [0.1, 0.15) is 0 Å². The van der Waals surface area contributed by atoms with Crippen LogP contribution < -0.4 is 5.32 Å². The minimum atomic E-state index is 0.302. The minimum absolute atomic E-state index is 0.302. The fourth-order valence-electron chi connectivity index (χ4n) is 3.47. The SMILES string of the molecule is CC[C@@H](C)NC(=S)N1CCN(C(c2ccccc2)c2ccccc2)CC1. The molecule has 0 saturated carbocycles. The summed E-state index contributed by atoms with van der Waals surface area (Å²) in [6.45, 7) is 8.33. The average molecular weight is 368 g/mol. The zero-order valence-electron chi connectivity index (χ0n) is 15.8. The van der Waals surface area contributed by atoms with Gasteiger partial charge in [-0.25, -0.2) is 0 Å². The van der Waals surface area contributed by atoms with Gasteiger partial charge in [-0.1, -0.05) is 67.6 Å². The Morgan fingerprint density at radius 2 is 1.42 bits per heavy atom. The van der Waals surface area contributed by atoms with Gasteiger partial charge in [0.15, 0.2) is 5.11 Å². The number of hydrogen-bond acceptors (Lipinski definition) is 2. The van der Waals surface area contributed by atoms with E-state index in [1.807, 2.05) is 0 Å². The lowest BCUT2D eigenvalue weighted by Gasteiger charge is -2.41. The maximum atomic E-state index is 5.60. The molecule has 0 unspecified atom stereocenters. The number of benzene rings is 2. The highest BCUT2D eigenvalue weighted by molar-refractivity contribution is 7.80. The normalized spacial score (nSPS) is 16.5. The van der Waals surface area contributed by atoms with Crippen LogP contribution in [0.5, 0.6) is 0 Å². The topological polar surface area (TPSA) is 18.5 Å². The second-order valence-electron chi connectivity index (χ2n) is 7.01. The first-order chi connectivity index (χ1) is 12.7. The number of hydrogen-bond donors (Lipinski definition) is 1. The van der Waals surface area contributed by atoms with Gasteiger partial charge in [0.2, 0.25) is 0 Å². The van der Waals surface area contributed by atoms with Gasteiger partial charge >= 0.3 is 0 Å². The highest BCUT2D eigenvalue weighted by atomic mass is 32.1. The van der Waals surface area contributed by atoms with Crippen LogP contribution >= 0.6 is 12.2 Å². The van der Waals surface area contributed by atoms with Crippen molar-refractivity contribution < 1.29 is 0 Å². The summed E-state index contributed by atoms with van der Waals surface area (Å²) in [7, 11) is 0. The van der Waals surface area contributed by atoms with E-state index < -0.39 is 0 Å². The van der Waals surface area contributed by atoms with E-state index in [9.17, 15) is 0 Å². The van der Waals surface area contributed by atoms with Crippen LogP contribution in [-0.2, 0) is 0 Å². The lowest BCUT2D eigenvalue weighted by atomic mass is 9.96. The Labute approximate surface area is 163 Å². The molecule has 0 aliphatic carbocycles. The second kappa shape index (κ2) is 9.15. The molecule has 2 aromatic rings. The van der Waals surface area contributed by atoms with Gasteiger partial charge < -0.3 is 10.2 Å². The number of rotatable bonds is 5. The molecule has 0 bridgehead atoms. The third-order valence-corrected chi connectivity index (χ3v) is 5.56. The minimum Gasteiger partial charge on any atom is -0.360 e. The maximum Gasteiger partial charge on any atom is 0.169 e. The fraction of sp³-hybridized carbons (Fsp3) is 0.409. The summed E-state index contributed by atoms with van der Waals surface area (Å²) in [6.07, 6.45) is 1.09. The Bertz CT molecular complexity index is 642. The van der Waals surface area contributed by atoms with Gasteiger partial charge in [0, 0.05) is 32.2 Å². The van der Waals surface area contributed by atoms with Gasteiger partial charge in [-0.3, -0.25) is 4.90 Å². The zero-order valence-corrected chi connectivity index (χ0v) is 16.6. The van der Waals surface area contributed by atoms with Crippen molar-refractivity contribution in [3.05, 3.63) is 71.8 Å². The molecule has 1 atom stereocenters. The summed E-state index contributed by atoms with van der Waals surface area (Å²) in [4.78, 5) is 4.89. The van der Waals surface area contributed by atoms with E-state index in [4.69, 9.17) is 12.2 Å². The summed E-state index contributed by atoms with van der Waals surface area (Å²) in [6, 6.07) is 22.4. The molecule has 1 aliphatic heterocycles. The predicted octanol–water partition coefficient (Wildman–Crippen LogP) is 4.07. The lowest BCUT2D eigenvalue weighted by Crippen LogP contribution is -2.53. The van der Waals surface area contributed by atoms with Crippen LogP contribution in [0.3, 0.4) is 0 Å². The largest absolute Gasteiger partial charge is 0.360 e. The van der Waals surface area contributed by atoms with Gasteiger partial charge in [-0.05, 0) is 36.7 Å². The quantitative estimate of drug-likeness (QED) is 0.803. The van der Waals surface area contributed by atoms with E-state index in [0.717, 1.165) is 37.7 Å². The molecular formula is C22H29N3S. The molecule has 1 saturated heterocycles. The van der Waals surface area contributed by atoms with Crippen LogP contribution in [0.1, 0.15) is 37.4 Å². The van der Waals surface area contributed by atoms with Crippen molar-refractivity contribution in [2.24, 2.45) is 0 Å². The summed E-state index contributed by atoms with van der Waals surface area (Å²) >= 11 is 5.60. The summed E-state index contributed by atoms with van der Waals surface area (Å²) in [5, 5.41) is 4.34. The Morgan fingerprint density at radius 3 is 1.88 bits per heavy atom. The molecule has 1 heterocycles. The van der Waals surface area contributed by atoms with E-state index in [2.05, 4.69) is 89.6 Å². The van der Waals surface area contributed by atoms with Crippen LogP contribution in [0.2, 0.25) is 0 Å². The van der Waals surface area contributed by atoms with Gasteiger partial charge in [-0.15, -0.1) is 0 Å². The molecule has 0 radical (unpaired) electrons. The Balaban J connectivity index is 1.71. The standard InChI is InChI=1S/C22H29N3S/c1-3-18(2)23-22(26)25-16-14-24(15-17-25)21(19-10-6-4-7-11-19)20-12-8-5-9-13-20/h4-13,18,21H,3,14-17H2,1-2H3,(H,23,26)/t18-/m1/s1. The van der Waals surface area contributed by atoms with Crippen molar-refractivity contribution in [1.29, 1.82) is 0 Å². The van der Waals surface area contributed by atoms with Crippen molar-refractivity contribution in [3.8, 4) is 0 Å². The van der Waals surface area contributed by atoms with E-state index >= 15 is 0 Å². The van der Waals surface area contributed by atoms with E-state index in [1.54, 1.807) is 0 Å². The molecule has 1 aliphatic rings. The first-order valence-electron chi connectivity index (χ1n) is 9.58. The number of nitrogens with zero attached hydrogens (tertiary/aromatic N) is 2. The Kier molecular flexibility index (Phi) is 6.64. The number of thiocarbonyl (C=S) groups is 1. The number of nitrogens with one attached hydrogen (secondary N) is 1. The highest BCUT2D eigenvalue weighted by Gasteiger charge is 2.27. The van der Waals surface area contributed by atoms with Crippen LogP contribution in [0.15, 0.2) is 60.7 Å². The maximum absolute atomic E-state index is 5.60. The molecule has 1 fully saturated rings. The molecule has 1 N–H and O–H groups in total. The van der Waals surface area contributed by atoms with Gasteiger partial charge in [0.05, 0.1) is 6.04 Å². The van der Waals surface area contributed by atoms with Crippen molar-refractivity contribution in [1.82, 2.24) is 15.1 Å². The summed E-state index contributed by atoms with van der Waals surface area (Å²) in [5.41, 5.74) is 2.71.